The van der Waals surface area contributed by atoms with Gasteiger partial charge in [0.2, 0.25) is 0 Å². The second-order valence-electron chi connectivity index (χ2n) is 5.06. The van der Waals surface area contributed by atoms with Gasteiger partial charge in [-0.05, 0) is 24.9 Å². The summed E-state index contributed by atoms with van der Waals surface area (Å²) < 4.78 is 0. The zero-order chi connectivity index (χ0) is 13.9. The van der Waals surface area contributed by atoms with Crippen LogP contribution in [-0.2, 0) is 16.1 Å². The zero-order valence-electron chi connectivity index (χ0n) is 12.5. The molecule has 0 radical (unpaired) electrons. The topological polar surface area (TPSA) is 83.5 Å². The standard InChI is InChI=1S/C14H17NO4.2Na/c16-12(17)8-14(13(18)19)6-7-15(10-14)9-11-4-2-1-3-5-11;;/h1-5H,6-10H2,(H,16,17)(H,18,19);;/q;2*+1/p-2. The largest absolute Gasteiger partial charge is 1.00 e. The molecule has 1 fully saturated rings. The summed E-state index contributed by atoms with van der Waals surface area (Å²) in [4.78, 5) is 23.9. The molecule has 0 aliphatic carbocycles. The van der Waals surface area contributed by atoms with Gasteiger partial charge in [-0.2, -0.15) is 0 Å². The van der Waals surface area contributed by atoms with Gasteiger partial charge in [0.25, 0.3) is 0 Å². The summed E-state index contributed by atoms with van der Waals surface area (Å²) in [5, 5.41) is 21.9. The number of benzene rings is 1. The van der Waals surface area contributed by atoms with Crippen molar-refractivity contribution < 1.29 is 78.9 Å². The molecular formula is C14H15NNa2O4. The molecule has 0 N–H and O–H groups in total. The minimum Gasteiger partial charge on any atom is -0.550 e. The number of carboxylic acids is 2. The van der Waals surface area contributed by atoms with Crippen molar-refractivity contribution in [1.29, 1.82) is 0 Å². The van der Waals surface area contributed by atoms with Gasteiger partial charge in [0, 0.05) is 30.4 Å². The Balaban J connectivity index is 0.00000200. The van der Waals surface area contributed by atoms with Crippen LogP contribution in [0.1, 0.15) is 18.4 Å². The van der Waals surface area contributed by atoms with E-state index >= 15 is 0 Å². The van der Waals surface area contributed by atoms with Crippen LogP contribution in [0, 0.1) is 5.41 Å². The third kappa shape index (κ3) is 5.67. The molecule has 102 valence electrons. The normalized spacial score (nSPS) is 21.1. The molecule has 0 saturated carbocycles. The second kappa shape index (κ2) is 9.30. The second-order valence-corrected chi connectivity index (χ2v) is 5.06. The molecule has 0 amide bonds. The molecule has 1 saturated heterocycles. The number of nitrogens with zero attached hydrogens (tertiary/aromatic N) is 1. The van der Waals surface area contributed by atoms with Gasteiger partial charge in [0.15, 0.2) is 0 Å². The molecule has 1 aromatic carbocycles. The van der Waals surface area contributed by atoms with Crippen molar-refractivity contribution >= 4 is 11.9 Å². The summed E-state index contributed by atoms with van der Waals surface area (Å²) in [7, 11) is 0. The predicted octanol–water partition coefficient (Wildman–Crippen LogP) is -7.22. The summed E-state index contributed by atoms with van der Waals surface area (Å²) in [6.45, 7) is 1.36. The number of carbonyl (C=O) groups is 2. The average molecular weight is 307 g/mol. The zero-order valence-corrected chi connectivity index (χ0v) is 16.5. The maximum Gasteiger partial charge on any atom is 1.00 e. The molecule has 1 aliphatic rings. The van der Waals surface area contributed by atoms with Gasteiger partial charge in [-0.25, -0.2) is 0 Å². The maximum absolute atomic E-state index is 11.2. The van der Waals surface area contributed by atoms with Gasteiger partial charge >= 0.3 is 59.1 Å². The van der Waals surface area contributed by atoms with Gasteiger partial charge in [-0.15, -0.1) is 0 Å². The third-order valence-electron chi connectivity index (χ3n) is 3.60. The van der Waals surface area contributed by atoms with E-state index in [-0.39, 0.29) is 72.1 Å². The van der Waals surface area contributed by atoms with Crippen molar-refractivity contribution in [2.45, 2.75) is 19.4 Å². The number of likely N-dealkylation sites (tertiary alicyclic amines) is 1. The number of carbonyl (C=O) groups excluding carboxylic acids is 2. The van der Waals surface area contributed by atoms with Gasteiger partial charge < -0.3 is 19.8 Å². The summed E-state index contributed by atoms with van der Waals surface area (Å²) in [6.07, 6.45) is -0.198. The Morgan fingerprint density at radius 1 is 1.14 bits per heavy atom. The van der Waals surface area contributed by atoms with Crippen LogP contribution in [0.5, 0.6) is 0 Å². The molecule has 1 aromatic rings. The number of carboxylic acid groups (broad SMARTS) is 2. The summed E-state index contributed by atoms with van der Waals surface area (Å²) >= 11 is 0. The molecule has 21 heavy (non-hydrogen) atoms. The quantitative estimate of drug-likeness (QED) is 0.505. The van der Waals surface area contributed by atoms with Crippen LogP contribution < -0.4 is 69.3 Å². The molecule has 7 heteroatoms. The van der Waals surface area contributed by atoms with Crippen LogP contribution in [0.15, 0.2) is 30.3 Å². The molecule has 5 nitrogen and oxygen atoms in total. The fourth-order valence-electron chi connectivity index (χ4n) is 2.59. The molecule has 1 aliphatic heterocycles. The molecule has 2 rings (SSSR count). The van der Waals surface area contributed by atoms with Gasteiger partial charge in [0.05, 0.1) is 0 Å². The predicted molar refractivity (Wildman–Crippen MR) is 63.4 cm³/mol. The van der Waals surface area contributed by atoms with Crippen molar-refractivity contribution in [3.63, 3.8) is 0 Å². The summed E-state index contributed by atoms with van der Waals surface area (Å²) in [6, 6.07) is 9.65. The van der Waals surface area contributed by atoms with Gasteiger partial charge in [-0.1, -0.05) is 30.3 Å². The fraction of sp³-hybridized carbons (Fsp3) is 0.429. The van der Waals surface area contributed by atoms with E-state index in [2.05, 4.69) is 0 Å². The molecule has 1 atom stereocenters. The Labute approximate surface area is 168 Å². The minimum absolute atomic E-state index is 0. The molecule has 1 heterocycles. The average Bonchev–Trinajstić information content (AvgIpc) is 2.74. The van der Waals surface area contributed by atoms with Crippen molar-refractivity contribution in [2.24, 2.45) is 5.41 Å². The van der Waals surface area contributed by atoms with E-state index in [0.717, 1.165) is 5.56 Å². The number of rotatable bonds is 5. The van der Waals surface area contributed by atoms with Crippen molar-refractivity contribution in [3.05, 3.63) is 35.9 Å². The van der Waals surface area contributed by atoms with Gasteiger partial charge in [0.1, 0.15) is 0 Å². The first-order valence-electron chi connectivity index (χ1n) is 6.19. The van der Waals surface area contributed by atoms with Crippen molar-refractivity contribution in [2.75, 3.05) is 13.1 Å². The first-order valence-corrected chi connectivity index (χ1v) is 6.19. The van der Waals surface area contributed by atoms with E-state index in [1.54, 1.807) is 0 Å². The Morgan fingerprint density at radius 2 is 1.76 bits per heavy atom. The van der Waals surface area contributed by atoms with E-state index in [9.17, 15) is 19.8 Å². The Bertz CT molecular complexity index is 483. The van der Waals surface area contributed by atoms with E-state index < -0.39 is 23.8 Å². The molecule has 0 bridgehead atoms. The fourth-order valence-corrected chi connectivity index (χ4v) is 2.59. The van der Waals surface area contributed by atoms with Crippen LogP contribution in [-0.4, -0.2) is 29.9 Å². The van der Waals surface area contributed by atoms with Crippen LogP contribution in [0.4, 0.5) is 0 Å². The number of hydrogen-bond donors (Lipinski definition) is 0. The van der Waals surface area contributed by atoms with E-state index in [0.29, 0.717) is 13.1 Å². The summed E-state index contributed by atoms with van der Waals surface area (Å²) in [5.41, 5.74) is -0.238. The monoisotopic (exact) mass is 307 g/mol. The van der Waals surface area contributed by atoms with Crippen LogP contribution in [0.2, 0.25) is 0 Å². The molecule has 0 aromatic heterocycles. The Kier molecular flexibility index (Phi) is 9.36. The Morgan fingerprint density at radius 3 is 2.29 bits per heavy atom. The Hall–Kier alpha value is 0.120. The van der Waals surface area contributed by atoms with E-state index in [1.165, 1.54) is 0 Å². The minimum atomic E-state index is -1.34. The van der Waals surface area contributed by atoms with E-state index in [1.807, 2.05) is 35.2 Å². The summed E-state index contributed by atoms with van der Waals surface area (Å²) in [5.74, 6) is -2.64. The van der Waals surface area contributed by atoms with E-state index in [4.69, 9.17) is 0 Å². The van der Waals surface area contributed by atoms with Crippen LogP contribution in [0.3, 0.4) is 0 Å². The van der Waals surface area contributed by atoms with Crippen LogP contribution in [0.25, 0.3) is 0 Å². The third-order valence-corrected chi connectivity index (χ3v) is 3.60. The van der Waals surface area contributed by atoms with Crippen molar-refractivity contribution in [1.82, 2.24) is 4.90 Å². The molecular weight excluding hydrogens is 292 g/mol. The maximum atomic E-state index is 11.2. The number of aliphatic carboxylic acids is 2. The van der Waals surface area contributed by atoms with Crippen molar-refractivity contribution in [3.8, 4) is 0 Å². The first-order chi connectivity index (χ1) is 9.02. The van der Waals surface area contributed by atoms with Gasteiger partial charge in [-0.3, -0.25) is 4.90 Å². The smallest absolute Gasteiger partial charge is 0.550 e. The number of hydrogen-bond acceptors (Lipinski definition) is 5. The van der Waals surface area contributed by atoms with Crippen LogP contribution >= 0.6 is 0 Å². The SMILES string of the molecule is O=C([O-])CC1(C(=O)[O-])CCN(Cc2ccccc2)C1.[Na+].[Na+]. The first kappa shape index (κ1) is 21.1. The molecule has 1 unspecified atom stereocenters. The molecule has 0 spiro atoms.